The predicted molar refractivity (Wildman–Crippen MR) is 87.8 cm³/mol. The van der Waals surface area contributed by atoms with E-state index in [2.05, 4.69) is 16.6 Å². The summed E-state index contributed by atoms with van der Waals surface area (Å²) in [6.07, 6.45) is 7.45. The van der Waals surface area contributed by atoms with Gasteiger partial charge in [0.25, 0.3) is 0 Å². The summed E-state index contributed by atoms with van der Waals surface area (Å²) in [6.45, 7) is 3.18. The summed E-state index contributed by atoms with van der Waals surface area (Å²) in [5.74, 6) is 1.05. The van der Waals surface area contributed by atoms with Crippen molar-refractivity contribution >= 4 is 34.2 Å². The number of anilines is 1. The summed E-state index contributed by atoms with van der Waals surface area (Å²) < 4.78 is 4.90. The lowest BCUT2D eigenvalue weighted by Crippen LogP contribution is -2.08. The second-order valence-corrected chi connectivity index (χ2v) is 6.30. The largest absolute Gasteiger partial charge is 0.466 e. The van der Waals surface area contributed by atoms with Crippen molar-refractivity contribution in [3.63, 3.8) is 0 Å². The fourth-order valence-corrected chi connectivity index (χ4v) is 2.98. The van der Waals surface area contributed by atoms with Crippen molar-refractivity contribution in [1.29, 1.82) is 0 Å². The number of thiazole rings is 1. The highest BCUT2D eigenvalue weighted by molar-refractivity contribution is 7.98. The molecule has 0 amide bonds. The predicted octanol–water partition coefficient (Wildman–Crippen LogP) is 3.58. The topological polar surface area (TPSA) is 51.2 Å². The average Bonchev–Trinajstić information content (AvgIpc) is 2.85. The molecule has 4 nitrogen and oxygen atoms in total. The van der Waals surface area contributed by atoms with Gasteiger partial charge in [0.15, 0.2) is 5.13 Å². The van der Waals surface area contributed by atoms with Gasteiger partial charge in [-0.3, -0.25) is 4.79 Å². The number of hydrogen-bond acceptors (Lipinski definition) is 6. The van der Waals surface area contributed by atoms with Gasteiger partial charge in [-0.25, -0.2) is 4.98 Å². The van der Waals surface area contributed by atoms with Gasteiger partial charge in [0.2, 0.25) is 0 Å². The molecule has 0 bridgehead atoms. The molecule has 1 heterocycles. The quantitative estimate of drug-likeness (QED) is 0.499. The van der Waals surface area contributed by atoms with E-state index in [4.69, 9.17) is 4.74 Å². The Morgan fingerprint density at radius 1 is 1.40 bits per heavy atom. The van der Waals surface area contributed by atoms with Crippen molar-refractivity contribution < 1.29 is 9.53 Å². The third-order valence-corrected chi connectivity index (χ3v) is 4.28. The number of ether oxygens (including phenoxy) is 1. The van der Waals surface area contributed by atoms with Gasteiger partial charge in [0.05, 0.1) is 18.7 Å². The Hall–Kier alpha value is -0.750. The van der Waals surface area contributed by atoms with E-state index in [9.17, 15) is 4.79 Å². The van der Waals surface area contributed by atoms with Crippen LogP contribution < -0.4 is 5.32 Å². The van der Waals surface area contributed by atoms with Crippen LogP contribution in [0.1, 0.15) is 38.3 Å². The zero-order valence-electron chi connectivity index (χ0n) is 12.3. The first-order chi connectivity index (χ1) is 9.76. The van der Waals surface area contributed by atoms with Gasteiger partial charge in [-0.05, 0) is 31.8 Å². The van der Waals surface area contributed by atoms with Crippen molar-refractivity contribution in [3.8, 4) is 0 Å². The molecule has 1 aromatic rings. The Balaban J connectivity index is 2.12. The molecule has 0 aliphatic rings. The first-order valence-corrected chi connectivity index (χ1v) is 9.36. The molecule has 20 heavy (non-hydrogen) atoms. The molecule has 0 saturated carbocycles. The van der Waals surface area contributed by atoms with Crippen LogP contribution in [0.3, 0.4) is 0 Å². The Labute approximate surface area is 129 Å². The first-order valence-electron chi connectivity index (χ1n) is 7.09. The minimum Gasteiger partial charge on any atom is -0.466 e. The third kappa shape index (κ3) is 7.75. The van der Waals surface area contributed by atoms with E-state index >= 15 is 0 Å². The maximum absolute atomic E-state index is 11.3. The minimum atomic E-state index is -0.210. The minimum absolute atomic E-state index is 0.210. The number of rotatable bonds is 11. The standard InChI is InChI=1S/C14H24N2O2S2/c1-3-18-13(17)10-12-11-20-14(16-12)15-8-6-4-5-7-9-19-2/h11H,3-10H2,1-2H3,(H,15,16). The van der Waals surface area contributed by atoms with Crippen LogP contribution in [0.15, 0.2) is 5.38 Å². The second-order valence-electron chi connectivity index (χ2n) is 4.46. The highest BCUT2D eigenvalue weighted by Crippen LogP contribution is 2.16. The molecule has 0 spiro atoms. The van der Waals surface area contributed by atoms with Gasteiger partial charge in [0, 0.05) is 11.9 Å². The van der Waals surface area contributed by atoms with Crippen LogP contribution in [-0.4, -0.2) is 36.1 Å². The van der Waals surface area contributed by atoms with Crippen LogP contribution in [0.2, 0.25) is 0 Å². The van der Waals surface area contributed by atoms with Crippen molar-refractivity contribution in [2.75, 3.05) is 30.5 Å². The Morgan fingerprint density at radius 2 is 2.20 bits per heavy atom. The third-order valence-electron chi connectivity index (χ3n) is 2.73. The van der Waals surface area contributed by atoms with Crippen molar-refractivity contribution in [1.82, 2.24) is 4.98 Å². The Bertz CT molecular complexity index is 383. The first kappa shape index (κ1) is 17.3. The number of nitrogens with one attached hydrogen (secondary N) is 1. The maximum Gasteiger partial charge on any atom is 0.311 e. The van der Waals surface area contributed by atoms with Crippen molar-refractivity contribution in [3.05, 3.63) is 11.1 Å². The number of carbonyl (C=O) groups is 1. The van der Waals surface area contributed by atoms with Crippen molar-refractivity contribution in [2.45, 2.75) is 39.0 Å². The average molecular weight is 316 g/mol. The number of carbonyl (C=O) groups excluding carboxylic acids is 1. The zero-order chi connectivity index (χ0) is 14.6. The van der Waals surface area contributed by atoms with Gasteiger partial charge in [-0.15, -0.1) is 11.3 Å². The molecule has 1 rings (SSSR count). The van der Waals surface area contributed by atoms with E-state index in [1.165, 1.54) is 31.4 Å². The molecular weight excluding hydrogens is 292 g/mol. The van der Waals surface area contributed by atoms with E-state index < -0.39 is 0 Å². The van der Waals surface area contributed by atoms with E-state index in [0.717, 1.165) is 17.4 Å². The molecule has 0 aromatic carbocycles. The molecule has 0 aliphatic carbocycles. The number of hydrogen-bond donors (Lipinski definition) is 1. The van der Waals surface area contributed by atoms with E-state index in [0.29, 0.717) is 6.61 Å². The highest BCUT2D eigenvalue weighted by Gasteiger charge is 2.07. The molecule has 0 radical (unpaired) electrons. The van der Waals surface area contributed by atoms with Crippen molar-refractivity contribution in [2.24, 2.45) is 0 Å². The van der Waals surface area contributed by atoms with Crippen LogP contribution in [0.4, 0.5) is 5.13 Å². The molecule has 0 unspecified atom stereocenters. The Kier molecular flexibility index (Phi) is 9.49. The van der Waals surface area contributed by atoms with E-state index in [1.807, 2.05) is 24.1 Å². The number of thioether (sulfide) groups is 1. The number of nitrogens with zero attached hydrogens (tertiary/aromatic N) is 1. The SMILES string of the molecule is CCOC(=O)Cc1csc(NCCCCCCSC)n1. The molecule has 0 fully saturated rings. The van der Waals surface area contributed by atoms with Gasteiger partial charge < -0.3 is 10.1 Å². The molecule has 1 aromatic heterocycles. The molecule has 0 saturated heterocycles. The summed E-state index contributed by atoms with van der Waals surface area (Å²) in [6, 6.07) is 0. The van der Waals surface area contributed by atoms with E-state index in [1.54, 1.807) is 11.3 Å². The summed E-state index contributed by atoms with van der Waals surface area (Å²) in [4.78, 5) is 15.7. The van der Waals surface area contributed by atoms with Crippen LogP contribution >= 0.6 is 23.1 Å². The van der Waals surface area contributed by atoms with Crippen LogP contribution in [0, 0.1) is 0 Å². The Morgan fingerprint density at radius 3 is 2.95 bits per heavy atom. The smallest absolute Gasteiger partial charge is 0.311 e. The van der Waals surface area contributed by atoms with Crippen LogP contribution in [0.25, 0.3) is 0 Å². The maximum atomic E-state index is 11.3. The lowest BCUT2D eigenvalue weighted by atomic mass is 10.2. The highest BCUT2D eigenvalue weighted by atomic mass is 32.2. The summed E-state index contributed by atoms with van der Waals surface area (Å²) >= 11 is 3.46. The summed E-state index contributed by atoms with van der Waals surface area (Å²) in [5, 5.41) is 6.12. The second kappa shape index (κ2) is 11.0. The lowest BCUT2D eigenvalue weighted by Gasteiger charge is -2.02. The molecule has 0 atom stereocenters. The number of unbranched alkanes of at least 4 members (excludes halogenated alkanes) is 3. The fourth-order valence-electron chi connectivity index (χ4n) is 1.75. The normalized spacial score (nSPS) is 10.5. The van der Waals surface area contributed by atoms with Gasteiger partial charge in [0.1, 0.15) is 0 Å². The number of esters is 1. The molecule has 114 valence electrons. The van der Waals surface area contributed by atoms with Crippen LogP contribution in [0.5, 0.6) is 0 Å². The molecule has 0 aliphatic heterocycles. The fraction of sp³-hybridized carbons (Fsp3) is 0.714. The van der Waals surface area contributed by atoms with Gasteiger partial charge in [-0.2, -0.15) is 11.8 Å². The summed E-state index contributed by atoms with van der Waals surface area (Å²) in [7, 11) is 0. The molecular formula is C14H24N2O2S2. The molecule has 6 heteroatoms. The number of aromatic nitrogens is 1. The van der Waals surface area contributed by atoms with Gasteiger partial charge in [-0.1, -0.05) is 12.8 Å². The van der Waals surface area contributed by atoms with Gasteiger partial charge >= 0.3 is 5.97 Å². The van der Waals surface area contributed by atoms with E-state index in [-0.39, 0.29) is 12.4 Å². The molecule has 1 N–H and O–H groups in total. The zero-order valence-corrected chi connectivity index (χ0v) is 13.9. The summed E-state index contributed by atoms with van der Waals surface area (Å²) in [5.41, 5.74) is 0.788. The monoisotopic (exact) mass is 316 g/mol. The lowest BCUT2D eigenvalue weighted by molar-refractivity contribution is -0.142. The van der Waals surface area contributed by atoms with Crippen LogP contribution in [-0.2, 0) is 16.0 Å².